The van der Waals surface area contributed by atoms with Crippen LogP contribution in [0.15, 0.2) is 0 Å². The van der Waals surface area contributed by atoms with E-state index in [1.807, 2.05) is 6.92 Å². The van der Waals surface area contributed by atoms with Gasteiger partial charge >= 0.3 is 5.97 Å². The van der Waals surface area contributed by atoms with Crippen LogP contribution in [-0.4, -0.2) is 13.1 Å². The fraction of sp³-hybridized carbons (Fsp3) is 0.727. The molecule has 0 amide bonds. The first-order chi connectivity index (χ1) is 6.31. The van der Waals surface area contributed by atoms with Gasteiger partial charge in [-0.25, -0.2) is 0 Å². The molecule has 0 N–H and O–H groups in total. The van der Waals surface area contributed by atoms with Crippen LogP contribution in [-0.2, 0) is 9.53 Å². The summed E-state index contributed by atoms with van der Waals surface area (Å²) in [5, 5.41) is 0. The molecule has 0 saturated carbocycles. The van der Waals surface area contributed by atoms with Crippen LogP contribution in [0.4, 0.5) is 0 Å². The van der Waals surface area contributed by atoms with Crippen molar-refractivity contribution in [1.29, 1.82) is 0 Å². The Balaban J connectivity index is 3.06. The van der Waals surface area contributed by atoms with Crippen molar-refractivity contribution in [2.45, 2.75) is 45.4 Å². The maximum Gasteiger partial charge on any atom is 0.305 e. The molecule has 0 aromatic rings. The molecule has 13 heavy (non-hydrogen) atoms. The second kappa shape index (κ2) is 9.12. The van der Waals surface area contributed by atoms with Gasteiger partial charge in [0.1, 0.15) is 0 Å². The van der Waals surface area contributed by atoms with Gasteiger partial charge in [-0.2, -0.15) is 0 Å². The molecule has 0 fully saturated rings. The molecule has 0 rings (SSSR count). The van der Waals surface area contributed by atoms with E-state index in [1.165, 1.54) is 7.11 Å². The quantitative estimate of drug-likeness (QED) is 0.358. The van der Waals surface area contributed by atoms with Crippen molar-refractivity contribution >= 4 is 5.97 Å². The Morgan fingerprint density at radius 3 is 2.54 bits per heavy atom. The Morgan fingerprint density at radius 1 is 1.23 bits per heavy atom. The van der Waals surface area contributed by atoms with Crippen LogP contribution < -0.4 is 0 Å². The Morgan fingerprint density at radius 2 is 1.92 bits per heavy atom. The predicted octanol–water partition coefficient (Wildman–Crippen LogP) is 2.52. The summed E-state index contributed by atoms with van der Waals surface area (Å²) in [5.74, 6) is 5.78. The summed E-state index contributed by atoms with van der Waals surface area (Å²) in [6, 6.07) is 0. The van der Waals surface area contributed by atoms with Crippen molar-refractivity contribution in [3.63, 3.8) is 0 Å². The van der Waals surface area contributed by atoms with E-state index < -0.39 is 0 Å². The van der Waals surface area contributed by atoms with E-state index in [0.717, 1.165) is 32.1 Å². The van der Waals surface area contributed by atoms with Gasteiger partial charge in [-0.1, -0.05) is 12.8 Å². The first-order valence-electron chi connectivity index (χ1n) is 4.77. The highest BCUT2D eigenvalue weighted by molar-refractivity contribution is 5.68. The number of methoxy groups -OCH3 is 1. The van der Waals surface area contributed by atoms with Crippen LogP contribution in [0.3, 0.4) is 0 Å². The number of hydrogen-bond acceptors (Lipinski definition) is 2. The van der Waals surface area contributed by atoms with Crippen LogP contribution in [0.1, 0.15) is 45.4 Å². The highest BCUT2D eigenvalue weighted by Crippen LogP contribution is 2.05. The molecule has 0 aromatic carbocycles. The van der Waals surface area contributed by atoms with Gasteiger partial charge in [0, 0.05) is 12.8 Å². The monoisotopic (exact) mass is 182 g/mol. The zero-order valence-corrected chi connectivity index (χ0v) is 8.56. The molecule has 2 nitrogen and oxygen atoms in total. The molecule has 0 unspecified atom stereocenters. The normalized spacial score (nSPS) is 8.77. The maximum absolute atomic E-state index is 10.7. The zero-order valence-electron chi connectivity index (χ0n) is 8.56. The third-order valence-electron chi connectivity index (χ3n) is 1.84. The molecule has 2 heteroatoms. The fourth-order valence-electron chi connectivity index (χ4n) is 1.06. The molecule has 0 aliphatic carbocycles. The maximum atomic E-state index is 10.7. The second-order valence-corrected chi connectivity index (χ2v) is 2.92. The molecule has 0 spiro atoms. The third kappa shape index (κ3) is 8.94. The summed E-state index contributed by atoms with van der Waals surface area (Å²) in [4.78, 5) is 10.7. The molecular weight excluding hydrogens is 164 g/mol. The number of carbonyl (C=O) groups excluding carboxylic acids is 1. The number of ether oxygens (including phenoxy) is 1. The van der Waals surface area contributed by atoms with E-state index >= 15 is 0 Å². The van der Waals surface area contributed by atoms with Gasteiger partial charge in [-0.15, -0.1) is 11.8 Å². The van der Waals surface area contributed by atoms with Crippen molar-refractivity contribution in [1.82, 2.24) is 0 Å². The predicted molar refractivity (Wildman–Crippen MR) is 53.2 cm³/mol. The minimum Gasteiger partial charge on any atom is -0.469 e. The standard InChI is InChI=1S/C11H18O2/c1-3-4-5-6-7-8-9-10-11(12)13-2/h5-10H2,1-2H3. The molecular formula is C11H18O2. The number of rotatable bonds is 6. The SMILES string of the molecule is CC#CCCCCCCC(=O)OC. The van der Waals surface area contributed by atoms with Crippen LogP contribution in [0, 0.1) is 11.8 Å². The lowest BCUT2D eigenvalue weighted by Gasteiger charge is -1.98. The van der Waals surface area contributed by atoms with Crippen molar-refractivity contribution in [3.8, 4) is 11.8 Å². The first kappa shape index (κ1) is 12.0. The molecule has 74 valence electrons. The summed E-state index contributed by atoms with van der Waals surface area (Å²) in [6.07, 6.45) is 5.87. The van der Waals surface area contributed by atoms with Crippen LogP contribution in [0.25, 0.3) is 0 Å². The molecule has 0 radical (unpaired) electrons. The van der Waals surface area contributed by atoms with Gasteiger partial charge in [0.15, 0.2) is 0 Å². The van der Waals surface area contributed by atoms with Crippen LogP contribution in [0.2, 0.25) is 0 Å². The van der Waals surface area contributed by atoms with E-state index in [1.54, 1.807) is 0 Å². The molecule has 0 aliphatic rings. The Hall–Kier alpha value is -0.970. The lowest BCUT2D eigenvalue weighted by Crippen LogP contribution is -1.98. The first-order valence-corrected chi connectivity index (χ1v) is 4.77. The fourth-order valence-corrected chi connectivity index (χ4v) is 1.06. The van der Waals surface area contributed by atoms with Gasteiger partial charge in [0.2, 0.25) is 0 Å². The van der Waals surface area contributed by atoms with E-state index in [9.17, 15) is 4.79 Å². The van der Waals surface area contributed by atoms with E-state index in [4.69, 9.17) is 0 Å². The summed E-state index contributed by atoms with van der Waals surface area (Å²) >= 11 is 0. The molecule has 0 atom stereocenters. The highest BCUT2D eigenvalue weighted by Gasteiger charge is 1.98. The summed E-state index contributed by atoms with van der Waals surface area (Å²) in [5.41, 5.74) is 0. The van der Waals surface area contributed by atoms with Gasteiger partial charge in [-0.05, 0) is 19.8 Å². The zero-order chi connectivity index (χ0) is 9.94. The van der Waals surface area contributed by atoms with Crippen molar-refractivity contribution in [2.24, 2.45) is 0 Å². The lowest BCUT2D eigenvalue weighted by molar-refractivity contribution is -0.140. The third-order valence-corrected chi connectivity index (χ3v) is 1.84. The molecule has 0 heterocycles. The minimum absolute atomic E-state index is 0.103. The van der Waals surface area contributed by atoms with Gasteiger partial charge in [0.25, 0.3) is 0 Å². The largest absolute Gasteiger partial charge is 0.469 e. The van der Waals surface area contributed by atoms with E-state index in [-0.39, 0.29) is 5.97 Å². The van der Waals surface area contributed by atoms with Crippen molar-refractivity contribution < 1.29 is 9.53 Å². The van der Waals surface area contributed by atoms with Gasteiger partial charge in [0.05, 0.1) is 7.11 Å². The Labute approximate surface area is 80.7 Å². The topological polar surface area (TPSA) is 26.3 Å². The highest BCUT2D eigenvalue weighted by atomic mass is 16.5. The Kier molecular flexibility index (Phi) is 8.44. The lowest BCUT2D eigenvalue weighted by atomic mass is 10.1. The van der Waals surface area contributed by atoms with E-state index in [2.05, 4.69) is 16.6 Å². The van der Waals surface area contributed by atoms with Gasteiger partial charge in [-0.3, -0.25) is 4.79 Å². The molecule has 0 bridgehead atoms. The van der Waals surface area contributed by atoms with Crippen molar-refractivity contribution in [2.75, 3.05) is 7.11 Å². The Bertz CT molecular complexity index is 186. The average molecular weight is 182 g/mol. The minimum atomic E-state index is -0.103. The number of unbranched alkanes of at least 4 members (excludes halogenated alkanes) is 4. The smallest absolute Gasteiger partial charge is 0.305 e. The molecule has 0 saturated heterocycles. The number of hydrogen-bond donors (Lipinski definition) is 0. The average Bonchev–Trinajstić information content (AvgIpc) is 2.16. The van der Waals surface area contributed by atoms with Crippen LogP contribution in [0.5, 0.6) is 0 Å². The number of carbonyl (C=O) groups is 1. The summed E-state index contributed by atoms with van der Waals surface area (Å²) in [7, 11) is 1.43. The van der Waals surface area contributed by atoms with Crippen LogP contribution >= 0.6 is 0 Å². The van der Waals surface area contributed by atoms with E-state index in [0.29, 0.717) is 6.42 Å². The summed E-state index contributed by atoms with van der Waals surface area (Å²) in [6.45, 7) is 1.86. The number of esters is 1. The molecule has 0 aliphatic heterocycles. The second-order valence-electron chi connectivity index (χ2n) is 2.92. The molecule has 0 aromatic heterocycles. The van der Waals surface area contributed by atoms with Crippen molar-refractivity contribution in [3.05, 3.63) is 0 Å². The van der Waals surface area contributed by atoms with Gasteiger partial charge < -0.3 is 4.74 Å². The summed E-state index contributed by atoms with van der Waals surface area (Å²) < 4.78 is 4.53.